The van der Waals surface area contributed by atoms with Gasteiger partial charge in [-0.25, -0.2) is 13.1 Å². The van der Waals surface area contributed by atoms with Crippen molar-refractivity contribution in [3.63, 3.8) is 0 Å². The highest BCUT2D eigenvalue weighted by molar-refractivity contribution is 7.89. The molecule has 8 heteroatoms. The molecule has 0 aliphatic carbocycles. The van der Waals surface area contributed by atoms with Crippen LogP contribution in [0.2, 0.25) is 5.02 Å². The van der Waals surface area contributed by atoms with Crippen LogP contribution in [0.3, 0.4) is 0 Å². The zero-order valence-electron chi connectivity index (χ0n) is 18.0. The van der Waals surface area contributed by atoms with Gasteiger partial charge in [-0.1, -0.05) is 41.9 Å². The minimum Gasteiger partial charge on any atom is -0.457 e. The van der Waals surface area contributed by atoms with Gasteiger partial charge in [-0.05, 0) is 60.4 Å². The van der Waals surface area contributed by atoms with Crippen LogP contribution in [-0.2, 0) is 10.0 Å². The van der Waals surface area contributed by atoms with Crippen molar-refractivity contribution in [1.82, 2.24) is 9.71 Å². The van der Waals surface area contributed by atoms with Crippen LogP contribution in [-0.4, -0.2) is 31.7 Å². The molecule has 0 unspecified atom stereocenters. The van der Waals surface area contributed by atoms with E-state index in [4.69, 9.17) is 21.4 Å². The fourth-order valence-electron chi connectivity index (χ4n) is 3.59. The van der Waals surface area contributed by atoms with Crippen molar-refractivity contribution in [2.24, 2.45) is 0 Å². The third-order valence-electron chi connectivity index (χ3n) is 5.14. The van der Waals surface area contributed by atoms with Gasteiger partial charge in [-0.15, -0.1) is 0 Å². The number of sulfonamides is 1. The maximum absolute atomic E-state index is 12.5. The summed E-state index contributed by atoms with van der Waals surface area (Å²) in [5, 5.41) is 10.4. The first-order valence-corrected chi connectivity index (χ1v) is 12.3. The fourth-order valence-corrected chi connectivity index (χ4v) is 4.93. The number of benzene rings is 3. The average molecular weight is 483 g/mol. The van der Waals surface area contributed by atoms with Crippen molar-refractivity contribution in [3.8, 4) is 22.6 Å². The van der Waals surface area contributed by atoms with E-state index in [1.165, 1.54) is 12.1 Å². The van der Waals surface area contributed by atoms with Gasteiger partial charge in [0.15, 0.2) is 0 Å². The van der Waals surface area contributed by atoms with Crippen molar-refractivity contribution in [2.45, 2.75) is 18.2 Å². The quantitative estimate of drug-likeness (QED) is 0.332. The summed E-state index contributed by atoms with van der Waals surface area (Å²) in [4.78, 5) is 4.57. The molecule has 2 N–H and O–H groups in total. The molecule has 4 aromatic rings. The van der Waals surface area contributed by atoms with E-state index < -0.39 is 10.0 Å². The number of aliphatic hydroxyl groups is 1. The summed E-state index contributed by atoms with van der Waals surface area (Å²) in [5.41, 5.74) is 3.69. The third kappa shape index (κ3) is 5.17. The number of fused-ring (bicyclic) bond motifs is 1. The first-order chi connectivity index (χ1) is 15.9. The Bertz CT molecular complexity index is 1410. The summed E-state index contributed by atoms with van der Waals surface area (Å²) in [6.45, 7) is 2.07. The molecule has 4 rings (SSSR count). The largest absolute Gasteiger partial charge is 0.457 e. The van der Waals surface area contributed by atoms with Crippen LogP contribution >= 0.6 is 11.6 Å². The van der Waals surface area contributed by atoms with Crippen molar-refractivity contribution in [2.75, 3.05) is 13.2 Å². The highest BCUT2D eigenvalue weighted by Crippen LogP contribution is 2.35. The predicted molar refractivity (Wildman–Crippen MR) is 130 cm³/mol. The van der Waals surface area contributed by atoms with Crippen LogP contribution < -0.4 is 9.46 Å². The summed E-state index contributed by atoms with van der Waals surface area (Å²) in [5.74, 6) is 0.971. The van der Waals surface area contributed by atoms with E-state index in [0.717, 1.165) is 27.6 Å². The second-order valence-corrected chi connectivity index (χ2v) is 9.71. The molecule has 0 aliphatic heterocycles. The van der Waals surface area contributed by atoms with Crippen LogP contribution in [0.25, 0.3) is 22.0 Å². The summed E-state index contributed by atoms with van der Waals surface area (Å²) in [6.07, 6.45) is 2.14. The summed E-state index contributed by atoms with van der Waals surface area (Å²) in [6, 6.07) is 19.6. The maximum Gasteiger partial charge on any atom is 0.240 e. The van der Waals surface area contributed by atoms with Gasteiger partial charge in [-0.2, -0.15) is 0 Å². The lowest BCUT2D eigenvalue weighted by atomic mass is 9.97. The molecule has 6 nitrogen and oxygen atoms in total. The number of ether oxygens (including phenoxy) is 1. The number of aliphatic hydroxyl groups excluding tert-OH is 1. The smallest absolute Gasteiger partial charge is 0.240 e. The molecule has 3 aromatic carbocycles. The Morgan fingerprint density at radius 1 is 1.03 bits per heavy atom. The molecule has 170 valence electrons. The number of nitrogens with one attached hydrogen (secondary N) is 1. The lowest BCUT2D eigenvalue weighted by molar-refractivity contribution is 0.289. The standard InChI is InChI=1S/C25H23ClN2O4S/c1-17-16-27-25-22(10-4-11-23(25)26)24(17)18-6-2-7-19(14-18)32-20-8-3-9-21(15-20)33(30,31)28-12-5-13-29/h2-4,6-11,14-16,28-29H,5,12-13H2,1H3. The molecule has 0 amide bonds. The Morgan fingerprint density at radius 3 is 2.55 bits per heavy atom. The number of para-hydroxylation sites is 1. The second kappa shape index (κ2) is 9.89. The molecule has 0 spiro atoms. The number of halogens is 1. The van der Waals surface area contributed by atoms with Crippen LogP contribution in [0.15, 0.2) is 77.8 Å². The summed E-state index contributed by atoms with van der Waals surface area (Å²) < 4.78 is 33.4. The van der Waals surface area contributed by atoms with Gasteiger partial charge in [0, 0.05) is 30.8 Å². The summed E-state index contributed by atoms with van der Waals surface area (Å²) in [7, 11) is -3.69. The first kappa shape index (κ1) is 23.2. The van der Waals surface area contributed by atoms with Crippen LogP contribution in [0.5, 0.6) is 11.5 Å². The number of aryl methyl sites for hydroxylation is 1. The first-order valence-electron chi connectivity index (χ1n) is 10.4. The summed E-state index contributed by atoms with van der Waals surface area (Å²) >= 11 is 6.35. The normalized spacial score (nSPS) is 11.6. The highest BCUT2D eigenvalue weighted by Gasteiger charge is 2.15. The Labute approximate surface area is 197 Å². The number of hydrogen-bond acceptors (Lipinski definition) is 5. The van der Waals surface area contributed by atoms with E-state index in [1.807, 2.05) is 49.4 Å². The Balaban J connectivity index is 1.65. The monoisotopic (exact) mass is 482 g/mol. The molecule has 0 saturated heterocycles. The van der Waals surface area contributed by atoms with Gasteiger partial charge in [0.2, 0.25) is 10.0 Å². The third-order valence-corrected chi connectivity index (χ3v) is 6.90. The Hall–Kier alpha value is -2.97. The number of aromatic nitrogens is 1. The van der Waals surface area contributed by atoms with E-state index in [0.29, 0.717) is 22.9 Å². The van der Waals surface area contributed by atoms with Gasteiger partial charge in [0.25, 0.3) is 0 Å². The molecule has 0 saturated carbocycles. The zero-order chi connectivity index (χ0) is 23.4. The maximum atomic E-state index is 12.5. The molecule has 33 heavy (non-hydrogen) atoms. The lowest BCUT2D eigenvalue weighted by Gasteiger charge is -2.13. The van der Waals surface area contributed by atoms with E-state index >= 15 is 0 Å². The van der Waals surface area contributed by atoms with Crippen molar-refractivity contribution < 1.29 is 18.3 Å². The van der Waals surface area contributed by atoms with Crippen molar-refractivity contribution in [3.05, 3.63) is 83.5 Å². The lowest BCUT2D eigenvalue weighted by Crippen LogP contribution is -2.25. The predicted octanol–water partition coefficient (Wildman–Crippen LogP) is 5.32. The second-order valence-electron chi connectivity index (χ2n) is 7.53. The zero-order valence-corrected chi connectivity index (χ0v) is 19.5. The van der Waals surface area contributed by atoms with Crippen molar-refractivity contribution >= 4 is 32.5 Å². The minimum absolute atomic E-state index is 0.0829. The highest BCUT2D eigenvalue weighted by atomic mass is 35.5. The van der Waals surface area contributed by atoms with Gasteiger partial charge < -0.3 is 9.84 Å². The molecule has 0 aliphatic rings. The topological polar surface area (TPSA) is 88.5 Å². The fraction of sp³-hybridized carbons (Fsp3) is 0.160. The van der Waals surface area contributed by atoms with Crippen LogP contribution in [0, 0.1) is 6.92 Å². The van der Waals surface area contributed by atoms with E-state index in [1.54, 1.807) is 18.3 Å². The molecule has 1 aromatic heterocycles. The Kier molecular flexibility index (Phi) is 6.95. The van der Waals surface area contributed by atoms with Gasteiger partial charge >= 0.3 is 0 Å². The average Bonchev–Trinajstić information content (AvgIpc) is 2.79. The number of nitrogens with zero attached hydrogens (tertiary/aromatic N) is 1. The van der Waals surface area contributed by atoms with Crippen LogP contribution in [0.1, 0.15) is 12.0 Å². The van der Waals surface area contributed by atoms with Crippen molar-refractivity contribution in [1.29, 1.82) is 0 Å². The number of rotatable bonds is 8. The SMILES string of the molecule is Cc1cnc2c(Cl)cccc2c1-c1cccc(Oc2cccc(S(=O)(=O)NCCCO)c2)c1. The molecule has 0 radical (unpaired) electrons. The number of pyridine rings is 1. The molecule has 0 fully saturated rings. The van der Waals surface area contributed by atoms with Gasteiger partial charge in [-0.3, -0.25) is 4.98 Å². The minimum atomic E-state index is -3.69. The van der Waals surface area contributed by atoms with Gasteiger partial charge in [0.05, 0.1) is 15.4 Å². The Morgan fingerprint density at radius 2 is 1.76 bits per heavy atom. The van der Waals surface area contributed by atoms with E-state index in [9.17, 15) is 8.42 Å². The molecular formula is C25H23ClN2O4S. The van der Waals surface area contributed by atoms with Crippen LogP contribution in [0.4, 0.5) is 0 Å². The molecule has 1 heterocycles. The molecular weight excluding hydrogens is 460 g/mol. The number of hydrogen-bond donors (Lipinski definition) is 2. The molecule has 0 atom stereocenters. The molecule has 0 bridgehead atoms. The van der Waals surface area contributed by atoms with E-state index in [-0.39, 0.29) is 18.0 Å². The van der Waals surface area contributed by atoms with E-state index in [2.05, 4.69) is 9.71 Å². The van der Waals surface area contributed by atoms with Gasteiger partial charge in [0.1, 0.15) is 11.5 Å².